The van der Waals surface area contributed by atoms with Crippen LogP contribution in [-0.4, -0.2) is 28.4 Å². The molecule has 4 rings (SSSR count). The average Bonchev–Trinajstić information content (AvgIpc) is 3.19. The molecule has 1 aliphatic carbocycles. The van der Waals surface area contributed by atoms with Crippen molar-refractivity contribution in [1.29, 1.82) is 0 Å². The lowest BCUT2D eigenvalue weighted by Crippen LogP contribution is -2.49. The first-order valence-electron chi connectivity index (χ1n) is 9.22. The molecule has 2 heterocycles. The third kappa shape index (κ3) is 3.71. The molecule has 1 amide bonds. The number of carbonyl (C=O) groups excluding carboxylic acids is 1. The fourth-order valence-corrected chi connectivity index (χ4v) is 4.75. The largest absolute Gasteiger partial charge is 0.487 e. The molecule has 2 fully saturated rings. The van der Waals surface area contributed by atoms with Crippen LogP contribution in [0.3, 0.4) is 0 Å². The first kappa shape index (κ1) is 16.6. The number of nitrogens with zero attached hydrogens (tertiary/aromatic N) is 2. The fraction of sp³-hybridized carbons (Fsp3) is 0.500. The normalized spacial score (nSPS) is 23.1. The van der Waals surface area contributed by atoms with Gasteiger partial charge in [-0.05, 0) is 55.9 Å². The number of fused-ring (bicyclic) bond motifs is 1. The van der Waals surface area contributed by atoms with E-state index in [1.54, 1.807) is 16.8 Å². The van der Waals surface area contributed by atoms with Crippen molar-refractivity contribution in [3.05, 3.63) is 46.4 Å². The number of likely N-dealkylation sites (tertiary alicyclic amines) is 1. The molecule has 0 radical (unpaired) electrons. The zero-order chi connectivity index (χ0) is 17.1. The summed E-state index contributed by atoms with van der Waals surface area (Å²) in [4.78, 5) is 19.3. The lowest BCUT2D eigenvalue weighted by Gasteiger charge is -2.44. The fourth-order valence-electron chi connectivity index (χ4n) is 4.20. The van der Waals surface area contributed by atoms with Gasteiger partial charge in [-0.3, -0.25) is 4.79 Å². The number of ether oxygens (including phenoxy) is 1. The predicted molar refractivity (Wildman–Crippen MR) is 98.9 cm³/mol. The second-order valence-electron chi connectivity index (χ2n) is 7.05. The van der Waals surface area contributed by atoms with Gasteiger partial charge in [-0.1, -0.05) is 12.8 Å². The number of rotatable bonds is 4. The summed E-state index contributed by atoms with van der Waals surface area (Å²) in [6.45, 7) is 1.37. The molecule has 0 N–H and O–H groups in total. The van der Waals surface area contributed by atoms with Crippen LogP contribution in [0.25, 0.3) is 0 Å². The standard InChI is InChI=1S/C20H24N2O2S/c23-20(22-11-3-5-15-4-1-2-6-19(15)22)16-7-9-18(10-8-16)24-12-17-13-25-14-21-17/h7-10,13-15,19H,1-6,11-12H2/t15-,19-/m1/s1. The maximum Gasteiger partial charge on any atom is 0.254 e. The topological polar surface area (TPSA) is 42.4 Å². The van der Waals surface area contributed by atoms with Crippen molar-refractivity contribution in [2.75, 3.05) is 6.54 Å². The van der Waals surface area contributed by atoms with Gasteiger partial charge >= 0.3 is 0 Å². The molecule has 1 saturated heterocycles. The van der Waals surface area contributed by atoms with Crippen molar-refractivity contribution in [3.63, 3.8) is 0 Å². The molecule has 0 spiro atoms. The van der Waals surface area contributed by atoms with Crippen molar-refractivity contribution < 1.29 is 9.53 Å². The third-order valence-corrected chi connectivity index (χ3v) is 6.11. The highest BCUT2D eigenvalue weighted by Gasteiger charge is 2.35. The number of aromatic nitrogens is 1. The van der Waals surface area contributed by atoms with E-state index in [2.05, 4.69) is 9.88 Å². The van der Waals surface area contributed by atoms with Gasteiger partial charge in [0, 0.05) is 23.5 Å². The SMILES string of the molecule is O=C(c1ccc(OCc2cscn2)cc1)N1CCC[C@H]2CCCC[C@H]21. The molecule has 25 heavy (non-hydrogen) atoms. The van der Waals surface area contributed by atoms with Gasteiger partial charge < -0.3 is 9.64 Å². The van der Waals surface area contributed by atoms with Crippen LogP contribution in [-0.2, 0) is 6.61 Å². The summed E-state index contributed by atoms with van der Waals surface area (Å²) in [7, 11) is 0. The van der Waals surface area contributed by atoms with Gasteiger partial charge in [0.2, 0.25) is 0 Å². The van der Waals surface area contributed by atoms with E-state index in [1.807, 2.05) is 29.6 Å². The first-order chi connectivity index (χ1) is 12.3. The van der Waals surface area contributed by atoms with Crippen LogP contribution >= 0.6 is 11.3 Å². The molecule has 1 aromatic carbocycles. The molecule has 0 bridgehead atoms. The van der Waals surface area contributed by atoms with Crippen LogP contribution in [0.2, 0.25) is 0 Å². The highest BCUT2D eigenvalue weighted by molar-refractivity contribution is 7.07. The lowest BCUT2D eigenvalue weighted by molar-refractivity contribution is 0.0390. The number of carbonyl (C=O) groups is 1. The molecule has 0 unspecified atom stereocenters. The van der Waals surface area contributed by atoms with Gasteiger partial charge in [0.25, 0.3) is 5.91 Å². The minimum absolute atomic E-state index is 0.183. The molecule has 5 heteroatoms. The summed E-state index contributed by atoms with van der Waals surface area (Å²) in [5.41, 5.74) is 3.51. The van der Waals surface area contributed by atoms with Gasteiger partial charge in [-0.15, -0.1) is 11.3 Å². The Labute approximate surface area is 152 Å². The molecule has 1 aliphatic heterocycles. The van der Waals surface area contributed by atoms with Gasteiger partial charge in [0.05, 0.1) is 11.2 Å². The van der Waals surface area contributed by atoms with Crippen LogP contribution in [0.1, 0.15) is 54.6 Å². The van der Waals surface area contributed by atoms with Gasteiger partial charge in [-0.25, -0.2) is 4.98 Å². The van der Waals surface area contributed by atoms with E-state index < -0.39 is 0 Å². The molecular weight excluding hydrogens is 332 g/mol. The Hall–Kier alpha value is -1.88. The Morgan fingerprint density at radius 1 is 1.16 bits per heavy atom. The minimum atomic E-state index is 0.183. The second-order valence-corrected chi connectivity index (χ2v) is 7.76. The third-order valence-electron chi connectivity index (χ3n) is 5.48. The summed E-state index contributed by atoms with van der Waals surface area (Å²) in [6, 6.07) is 8.02. The van der Waals surface area contributed by atoms with Crippen molar-refractivity contribution in [2.24, 2.45) is 5.92 Å². The molecule has 132 valence electrons. The second kappa shape index (κ2) is 7.56. The quantitative estimate of drug-likeness (QED) is 0.809. The summed E-state index contributed by atoms with van der Waals surface area (Å²) in [5.74, 6) is 1.67. The average molecular weight is 356 g/mol. The van der Waals surface area contributed by atoms with E-state index in [9.17, 15) is 4.79 Å². The summed E-state index contributed by atoms with van der Waals surface area (Å²) >= 11 is 1.56. The number of benzene rings is 1. The Balaban J connectivity index is 1.41. The summed E-state index contributed by atoms with van der Waals surface area (Å²) < 4.78 is 5.74. The van der Waals surface area contributed by atoms with Crippen LogP contribution in [0.4, 0.5) is 0 Å². The Morgan fingerprint density at radius 3 is 2.76 bits per heavy atom. The van der Waals surface area contributed by atoms with Crippen LogP contribution in [0.15, 0.2) is 35.2 Å². The minimum Gasteiger partial charge on any atom is -0.487 e. The smallest absolute Gasteiger partial charge is 0.254 e. The zero-order valence-corrected chi connectivity index (χ0v) is 15.2. The Kier molecular flexibility index (Phi) is 5.02. The molecule has 2 atom stereocenters. The van der Waals surface area contributed by atoms with E-state index in [-0.39, 0.29) is 5.91 Å². The maximum absolute atomic E-state index is 13.0. The number of thiazole rings is 1. The van der Waals surface area contributed by atoms with Crippen molar-refractivity contribution >= 4 is 17.2 Å². The highest BCUT2D eigenvalue weighted by atomic mass is 32.1. The van der Waals surface area contributed by atoms with Gasteiger partial charge in [0.1, 0.15) is 12.4 Å². The van der Waals surface area contributed by atoms with E-state index in [0.29, 0.717) is 18.6 Å². The number of hydrogen-bond acceptors (Lipinski definition) is 4. The summed E-state index contributed by atoms with van der Waals surface area (Å²) in [5, 5.41) is 1.98. The molecule has 4 nitrogen and oxygen atoms in total. The predicted octanol–water partition coefficient (Wildman–Crippen LogP) is 4.52. The van der Waals surface area contributed by atoms with Crippen molar-refractivity contribution in [2.45, 2.75) is 51.2 Å². The monoisotopic (exact) mass is 356 g/mol. The van der Waals surface area contributed by atoms with Gasteiger partial charge in [0.15, 0.2) is 0 Å². The number of hydrogen-bond donors (Lipinski definition) is 0. The summed E-state index contributed by atoms with van der Waals surface area (Å²) in [6.07, 6.45) is 7.48. The number of piperidine rings is 1. The van der Waals surface area contributed by atoms with Gasteiger partial charge in [-0.2, -0.15) is 0 Å². The molecule has 1 aromatic heterocycles. The zero-order valence-electron chi connectivity index (χ0n) is 14.4. The molecular formula is C20H24N2O2S. The van der Waals surface area contributed by atoms with E-state index >= 15 is 0 Å². The molecule has 2 aromatic rings. The van der Waals surface area contributed by atoms with Crippen LogP contribution in [0, 0.1) is 5.92 Å². The van der Waals surface area contributed by atoms with E-state index in [4.69, 9.17) is 4.74 Å². The van der Waals surface area contributed by atoms with E-state index in [0.717, 1.165) is 30.0 Å². The molecule has 1 saturated carbocycles. The highest BCUT2D eigenvalue weighted by Crippen LogP contribution is 2.36. The number of amides is 1. The van der Waals surface area contributed by atoms with Crippen molar-refractivity contribution in [3.8, 4) is 5.75 Å². The lowest BCUT2D eigenvalue weighted by atomic mass is 9.78. The Morgan fingerprint density at radius 2 is 1.96 bits per heavy atom. The van der Waals surface area contributed by atoms with Crippen molar-refractivity contribution in [1.82, 2.24) is 9.88 Å². The maximum atomic E-state index is 13.0. The first-order valence-corrected chi connectivity index (χ1v) is 10.2. The molecule has 2 aliphatic rings. The van der Waals surface area contributed by atoms with Crippen LogP contribution in [0.5, 0.6) is 5.75 Å². The van der Waals surface area contributed by atoms with E-state index in [1.165, 1.54) is 32.1 Å². The van der Waals surface area contributed by atoms with Crippen LogP contribution < -0.4 is 4.74 Å². The Bertz CT molecular complexity index is 697.